The van der Waals surface area contributed by atoms with Crippen LogP contribution in [0.5, 0.6) is 0 Å². The Hall–Kier alpha value is -3.26. The fraction of sp³-hybridized carbons (Fsp3) is 0.250. The first-order chi connectivity index (χ1) is 15.2. The second kappa shape index (κ2) is 8.35. The second-order valence-corrected chi connectivity index (χ2v) is 10.4. The number of rotatable bonds is 6. The van der Waals surface area contributed by atoms with E-state index in [1.165, 1.54) is 16.7 Å². The molecule has 0 aliphatic rings. The first-order valence-corrected chi connectivity index (χ1v) is 12.1. The summed E-state index contributed by atoms with van der Waals surface area (Å²) in [7, 11) is -1.58. The summed E-state index contributed by atoms with van der Waals surface area (Å²) >= 11 is 0. The maximum atomic E-state index is 13.3. The van der Waals surface area contributed by atoms with E-state index in [0.717, 1.165) is 27.6 Å². The Morgan fingerprint density at radius 2 is 1.78 bits per heavy atom. The van der Waals surface area contributed by atoms with E-state index in [9.17, 15) is 17.6 Å². The Morgan fingerprint density at radius 3 is 2.44 bits per heavy atom. The van der Waals surface area contributed by atoms with Crippen molar-refractivity contribution in [3.05, 3.63) is 87.7 Å². The number of aryl methyl sites for hydroxylation is 2. The van der Waals surface area contributed by atoms with Gasteiger partial charge in [-0.25, -0.2) is 12.8 Å². The average Bonchev–Trinajstić information content (AvgIpc) is 3.16. The maximum absolute atomic E-state index is 13.3. The first-order valence-electron chi connectivity index (χ1n) is 10.3. The molecule has 0 N–H and O–H groups in total. The van der Waals surface area contributed by atoms with Crippen LogP contribution in [0.1, 0.15) is 23.6 Å². The van der Waals surface area contributed by atoms with E-state index < -0.39 is 9.84 Å². The van der Waals surface area contributed by atoms with Crippen molar-refractivity contribution in [2.75, 3.05) is 5.75 Å². The van der Waals surface area contributed by atoms with Crippen molar-refractivity contribution in [3.63, 3.8) is 0 Å². The molecule has 2 aromatic carbocycles. The van der Waals surface area contributed by atoms with Gasteiger partial charge in [0.25, 0.3) is 5.56 Å². The Balaban J connectivity index is 1.90. The van der Waals surface area contributed by atoms with Gasteiger partial charge in [0.1, 0.15) is 5.82 Å². The Labute approximate surface area is 185 Å². The predicted octanol–water partition coefficient (Wildman–Crippen LogP) is 3.83. The summed E-state index contributed by atoms with van der Waals surface area (Å²) in [5.41, 5.74) is 4.46. The third-order valence-corrected chi connectivity index (χ3v) is 7.24. The molecule has 0 bridgehead atoms. The SMILES string of the molecule is CCS(=O)(=O)Cc1cc(-c2cc(C)c(=O)n(C)c2)cc2c1cnn2Cc1ccc(F)cc1. The smallest absolute Gasteiger partial charge is 0.253 e. The summed E-state index contributed by atoms with van der Waals surface area (Å²) in [6, 6.07) is 11.8. The van der Waals surface area contributed by atoms with Crippen LogP contribution >= 0.6 is 0 Å². The van der Waals surface area contributed by atoms with E-state index in [1.807, 2.05) is 18.2 Å². The standard InChI is InChI=1S/C24H24FN3O3S/c1-4-32(30,31)15-20-10-18(19-9-16(2)24(29)27(3)14-19)11-23-22(20)12-26-28(23)13-17-5-7-21(25)8-6-17/h5-12,14H,4,13,15H2,1-3H3. The second-order valence-electron chi connectivity index (χ2n) is 8.00. The minimum atomic E-state index is -3.27. The van der Waals surface area contributed by atoms with Crippen LogP contribution < -0.4 is 5.56 Å². The zero-order chi connectivity index (χ0) is 23.0. The molecular weight excluding hydrogens is 429 g/mol. The van der Waals surface area contributed by atoms with Crippen LogP contribution in [0, 0.1) is 12.7 Å². The van der Waals surface area contributed by atoms with Gasteiger partial charge in [-0.1, -0.05) is 19.1 Å². The molecule has 0 aliphatic heterocycles. The number of nitrogens with zero attached hydrogens (tertiary/aromatic N) is 3. The number of benzene rings is 2. The van der Waals surface area contributed by atoms with Gasteiger partial charge in [-0.15, -0.1) is 0 Å². The normalized spacial score (nSPS) is 11.9. The zero-order valence-corrected chi connectivity index (χ0v) is 19.0. The Morgan fingerprint density at radius 1 is 1.06 bits per heavy atom. The predicted molar refractivity (Wildman–Crippen MR) is 124 cm³/mol. The molecule has 0 aliphatic carbocycles. The van der Waals surface area contributed by atoms with Gasteiger partial charge in [0.05, 0.1) is 24.0 Å². The molecule has 2 aromatic heterocycles. The molecule has 0 radical (unpaired) electrons. The van der Waals surface area contributed by atoms with Crippen LogP contribution in [0.15, 0.2) is 59.7 Å². The van der Waals surface area contributed by atoms with E-state index in [1.54, 1.807) is 50.1 Å². The lowest BCUT2D eigenvalue weighted by Crippen LogP contribution is -2.18. The van der Waals surface area contributed by atoms with E-state index in [2.05, 4.69) is 5.10 Å². The van der Waals surface area contributed by atoms with Crippen LogP contribution in [0.25, 0.3) is 22.0 Å². The minimum absolute atomic E-state index is 0.0430. The molecule has 8 heteroatoms. The van der Waals surface area contributed by atoms with Crippen LogP contribution in [0.4, 0.5) is 4.39 Å². The number of fused-ring (bicyclic) bond motifs is 1. The van der Waals surface area contributed by atoms with Crippen molar-refractivity contribution in [1.82, 2.24) is 14.3 Å². The molecule has 4 aromatic rings. The van der Waals surface area contributed by atoms with Gasteiger partial charge in [-0.05, 0) is 59.5 Å². The highest BCUT2D eigenvalue weighted by atomic mass is 32.2. The van der Waals surface area contributed by atoms with Gasteiger partial charge in [-0.2, -0.15) is 5.10 Å². The first kappa shape index (κ1) is 22.0. The van der Waals surface area contributed by atoms with Crippen molar-refractivity contribution < 1.29 is 12.8 Å². The zero-order valence-electron chi connectivity index (χ0n) is 18.2. The highest BCUT2D eigenvalue weighted by molar-refractivity contribution is 7.90. The molecule has 0 amide bonds. The summed E-state index contributed by atoms with van der Waals surface area (Å²) in [6.45, 7) is 3.80. The molecule has 0 spiro atoms. The lowest BCUT2D eigenvalue weighted by molar-refractivity contribution is 0.596. The molecule has 0 saturated heterocycles. The van der Waals surface area contributed by atoms with E-state index in [-0.39, 0.29) is 22.9 Å². The molecule has 32 heavy (non-hydrogen) atoms. The lowest BCUT2D eigenvalue weighted by atomic mass is 10.0. The van der Waals surface area contributed by atoms with E-state index in [4.69, 9.17) is 0 Å². The maximum Gasteiger partial charge on any atom is 0.253 e. The fourth-order valence-corrected chi connectivity index (χ4v) is 4.72. The largest absolute Gasteiger partial charge is 0.318 e. The van der Waals surface area contributed by atoms with Crippen molar-refractivity contribution >= 4 is 20.7 Å². The monoisotopic (exact) mass is 453 g/mol. The molecule has 0 saturated carbocycles. The summed E-state index contributed by atoms with van der Waals surface area (Å²) in [5.74, 6) is -0.360. The molecule has 2 heterocycles. The minimum Gasteiger partial charge on any atom is -0.318 e. The molecule has 0 unspecified atom stereocenters. The fourth-order valence-electron chi connectivity index (χ4n) is 3.80. The van der Waals surface area contributed by atoms with Crippen LogP contribution in [-0.4, -0.2) is 28.5 Å². The van der Waals surface area contributed by atoms with Gasteiger partial charge in [0.15, 0.2) is 9.84 Å². The van der Waals surface area contributed by atoms with Gasteiger partial charge in [0, 0.05) is 29.9 Å². The summed E-state index contributed by atoms with van der Waals surface area (Å²) in [6.07, 6.45) is 3.42. The van der Waals surface area contributed by atoms with Gasteiger partial charge in [0.2, 0.25) is 0 Å². The van der Waals surface area contributed by atoms with Gasteiger partial charge in [-0.3, -0.25) is 9.48 Å². The quantitative estimate of drug-likeness (QED) is 0.445. The van der Waals surface area contributed by atoms with Crippen LogP contribution in [-0.2, 0) is 29.2 Å². The summed E-state index contributed by atoms with van der Waals surface area (Å²) in [5, 5.41) is 5.25. The topological polar surface area (TPSA) is 74.0 Å². The summed E-state index contributed by atoms with van der Waals surface area (Å²) < 4.78 is 41.5. The van der Waals surface area contributed by atoms with Crippen molar-refractivity contribution in [2.45, 2.75) is 26.1 Å². The van der Waals surface area contributed by atoms with Crippen molar-refractivity contribution in [3.8, 4) is 11.1 Å². The molecular formula is C24H24FN3O3S. The highest BCUT2D eigenvalue weighted by Crippen LogP contribution is 2.29. The van der Waals surface area contributed by atoms with Gasteiger partial charge < -0.3 is 4.57 Å². The number of hydrogen-bond acceptors (Lipinski definition) is 4. The van der Waals surface area contributed by atoms with Crippen molar-refractivity contribution in [1.29, 1.82) is 0 Å². The lowest BCUT2D eigenvalue weighted by Gasteiger charge is -2.12. The Kier molecular flexibility index (Phi) is 5.73. The molecule has 4 rings (SSSR count). The average molecular weight is 454 g/mol. The van der Waals surface area contributed by atoms with Crippen LogP contribution in [0.3, 0.4) is 0 Å². The van der Waals surface area contributed by atoms with Crippen molar-refractivity contribution in [2.24, 2.45) is 7.05 Å². The number of halogens is 1. The van der Waals surface area contributed by atoms with Crippen LogP contribution in [0.2, 0.25) is 0 Å². The number of aromatic nitrogens is 3. The molecule has 0 fully saturated rings. The highest BCUT2D eigenvalue weighted by Gasteiger charge is 2.17. The third-order valence-electron chi connectivity index (χ3n) is 5.60. The Bertz CT molecular complexity index is 1440. The summed E-state index contributed by atoms with van der Waals surface area (Å²) in [4.78, 5) is 12.1. The van der Waals surface area contributed by atoms with Gasteiger partial charge >= 0.3 is 0 Å². The third kappa shape index (κ3) is 4.36. The van der Waals surface area contributed by atoms with E-state index >= 15 is 0 Å². The molecule has 166 valence electrons. The number of sulfone groups is 1. The molecule has 0 atom stereocenters. The number of hydrogen-bond donors (Lipinski definition) is 0. The number of pyridine rings is 1. The van der Waals surface area contributed by atoms with E-state index in [0.29, 0.717) is 17.7 Å². The molecule has 6 nitrogen and oxygen atoms in total.